The average Bonchev–Trinajstić information content (AvgIpc) is 1.81. The van der Waals surface area contributed by atoms with Crippen molar-refractivity contribution < 1.29 is 9.53 Å². The molecular formula is C10H19AsO2. The van der Waals surface area contributed by atoms with Crippen molar-refractivity contribution in [1.29, 1.82) is 0 Å². The van der Waals surface area contributed by atoms with E-state index < -0.39 is 0 Å². The van der Waals surface area contributed by atoms with Crippen LogP contribution in [0.4, 0.5) is 0 Å². The first-order valence-electron chi connectivity index (χ1n) is 4.36. The zero-order valence-corrected chi connectivity index (χ0v) is 11.2. The summed E-state index contributed by atoms with van der Waals surface area (Å²) in [6, 6.07) is 0. The van der Waals surface area contributed by atoms with Crippen LogP contribution in [0.1, 0.15) is 34.6 Å². The predicted molar refractivity (Wildman–Crippen MR) is 57.2 cm³/mol. The summed E-state index contributed by atoms with van der Waals surface area (Å²) in [5, 5.41) is 0. The van der Waals surface area contributed by atoms with E-state index in [-0.39, 0.29) is 26.6 Å². The first kappa shape index (κ1) is 12.8. The summed E-state index contributed by atoms with van der Waals surface area (Å²) < 4.78 is 5.52. The molecule has 3 heteroatoms. The monoisotopic (exact) mass is 246 g/mol. The first-order valence-corrected chi connectivity index (χ1v) is 6.62. The van der Waals surface area contributed by atoms with Gasteiger partial charge in [0, 0.05) is 0 Å². The SMILES string of the molecule is C=C(C)C(=O)OC(C)[AsH]C(C)(C)C. The van der Waals surface area contributed by atoms with Crippen LogP contribution in [0, 0.1) is 0 Å². The number of carbonyl (C=O) groups excluding carboxylic acids is 1. The summed E-state index contributed by atoms with van der Waals surface area (Å²) in [7, 11) is 0. The van der Waals surface area contributed by atoms with Crippen molar-refractivity contribution in [3.8, 4) is 0 Å². The molecule has 0 saturated carbocycles. The molecule has 0 heterocycles. The van der Waals surface area contributed by atoms with Crippen LogP contribution in [-0.2, 0) is 9.53 Å². The first-order chi connectivity index (χ1) is 5.72. The standard InChI is InChI=1S/C10H19AsO2/c1-7(2)9(12)13-8(3)11-10(4,5)6/h8,11H,1H2,2-6H3. The second-order valence-corrected chi connectivity index (χ2v) is 9.68. The molecule has 2 unspecified atom stereocenters. The number of hydrogen-bond donors (Lipinski definition) is 0. The van der Waals surface area contributed by atoms with E-state index in [9.17, 15) is 4.79 Å². The van der Waals surface area contributed by atoms with Crippen LogP contribution in [0.25, 0.3) is 0 Å². The van der Waals surface area contributed by atoms with E-state index in [1.165, 1.54) is 0 Å². The summed E-state index contributed by atoms with van der Waals surface area (Å²) in [5.41, 5.74) is 0.479. The molecule has 0 rings (SSSR count). The van der Waals surface area contributed by atoms with Gasteiger partial charge in [0.2, 0.25) is 0 Å². The Balaban J connectivity index is 3.95. The van der Waals surface area contributed by atoms with Gasteiger partial charge in [-0.1, -0.05) is 0 Å². The predicted octanol–water partition coefficient (Wildman–Crippen LogP) is 2.11. The maximum absolute atomic E-state index is 11.1. The minimum atomic E-state index is -0.263. The molecule has 0 bridgehead atoms. The molecular weight excluding hydrogens is 227 g/mol. The van der Waals surface area contributed by atoms with Crippen molar-refractivity contribution in [2.75, 3.05) is 0 Å². The maximum atomic E-state index is 11.1. The van der Waals surface area contributed by atoms with E-state index in [4.69, 9.17) is 4.74 Å². The van der Waals surface area contributed by atoms with Gasteiger partial charge in [0.15, 0.2) is 0 Å². The fourth-order valence-corrected chi connectivity index (χ4v) is 3.81. The molecule has 0 aliphatic rings. The van der Waals surface area contributed by atoms with Crippen molar-refractivity contribution in [1.82, 2.24) is 0 Å². The zero-order valence-electron chi connectivity index (χ0n) is 9.10. The topological polar surface area (TPSA) is 26.3 Å². The van der Waals surface area contributed by atoms with E-state index in [0.717, 1.165) is 0 Å². The van der Waals surface area contributed by atoms with Crippen LogP contribution < -0.4 is 0 Å². The van der Waals surface area contributed by atoms with Crippen molar-refractivity contribution in [2.45, 2.75) is 43.7 Å². The van der Waals surface area contributed by atoms with Crippen LogP contribution in [0.2, 0.25) is 4.20 Å². The van der Waals surface area contributed by atoms with Gasteiger partial charge in [-0.3, -0.25) is 0 Å². The molecule has 2 nitrogen and oxygen atoms in total. The molecule has 0 fully saturated rings. The Morgan fingerprint density at radius 3 is 2.23 bits per heavy atom. The van der Waals surface area contributed by atoms with Gasteiger partial charge in [-0.05, 0) is 0 Å². The summed E-state index contributed by atoms with van der Waals surface area (Å²) in [5.74, 6) is -0.263. The second-order valence-electron chi connectivity index (χ2n) is 4.22. The molecule has 0 aliphatic carbocycles. The fourth-order valence-electron chi connectivity index (χ4n) is 0.900. The molecule has 0 saturated heterocycles. The Morgan fingerprint density at radius 1 is 1.46 bits per heavy atom. The van der Waals surface area contributed by atoms with Crippen molar-refractivity contribution in [3.05, 3.63) is 12.2 Å². The third-order valence-electron chi connectivity index (χ3n) is 1.27. The summed E-state index contributed by atoms with van der Waals surface area (Å²) in [6.45, 7) is 13.7. The third kappa shape index (κ3) is 6.89. The van der Waals surface area contributed by atoms with Gasteiger partial charge >= 0.3 is 87.1 Å². The molecule has 76 valence electrons. The molecule has 0 radical (unpaired) electrons. The summed E-state index contributed by atoms with van der Waals surface area (Å²) in [6.07, 6.45) is 0. The third-order valence-corrected chi connectivity index (χ3v) is 4.19. The Labute approximate surface area is 87.4 Å². The van der Waals surface area contributed by atoms with E-state index in [1.54, 1.807) is 6.92 Å². The van der Waals surface area contributed by atoms with Gasteiger partial charge in [-0.25, -0.2) is 0 Å². The molecule has 0 aromatic heterocycles. The van der Waals surface area contributed by atoms with Crippen LogP contribution in [0.15, 0.2) is 12.2 Å². The molecule has 0 N–H and O–H groups in total. The molecule has 0 aliphatic heterocycles. The van der Waals surface area contributed by atoms with E-state index in [2.05, 4.69) is 27.4 Å². The Bertz CT molecular complexity index is 203. The van der Waals surface area contributed by atoms with Crippen LogP contribution in [0.5, 0.6) is 0 Å². The van der Waals surface area contributed by atoms with Gasteiger partial charge in [-0.2, -0.15) is 0 Å². The van der Waals surface area contributed by atoms with Gasteiger partial charge in [0.05, 0.1) is 0 Å². The summed E-state index contributed by atoms with van der Waals surface area (Å²) >= 11 is -0.260. The van der Waals surface area contributed by atoms with Crippen LogP contribution in [0.3, 0.4) is 0 Å². The minimum absolute atomic E-state index is 0.0872. The fraction of sp³-hybridized carbons (Fsp3) is 0.700. The van der Waals surface area contributed by atoms with Gasteiger partial charge in [0.1, 0.15) is 0 Å². The van der Waals surface area contributed by atoms with E-state index in [0.29, 0.717) is 9.78 Å². The van der Waals surface area contributed by atoms with Crippen molar-refractivity contribution in [3.63, 3.8) is 0 Å². The molecule has 0 amide bonds. The van der Waals surface area contributed by atoms with Crippen LogP contribution >= 0.6 is 0 Å². The molecule has 2 atom stereocenters. The molecule has 0 aromatic carbocycles. The Kier molecular flexibility index (Phi) is 4.77. The number of esters is 1. The van der Waals surface area contributed by atoms with E-state index in [1.807, 2.05) is 6.92 Å². The molecule has 0 aromatic rings. The second kappa shape index (κ2) is 4.85. The van der Waals surface area contributed by atoms with Crippen molar-refractivity contribution >= 4 is 21.7 Å². The number of carbonyl (C=O) groups is 1. The van der Waals surface area contributed by atoms with Gasteiger partial charge < -0.3 is 0 Å². The van der Waals surface area contributed by atoms with Crippen molar-refractivity contribution in [2.24, 2.45) is 0 Å². The molecule has 0 spiro atoms. The zero-order chi connectivity index (χ0) is 10.6. The Morgan fingerprint density at radius 2 is 1.92 bits per heavy atom. The Hall–Kier alpha value is -0.232. The normalized spacial score (nSPS) is 14.5. The van der Waals surface area contributed by atoms with Gasteiger partial charge in [0.25, 0.3) is 0 Å². The average molecular weight is 246 g/mol. The number of hydrogen-bond acceptors (Lipinski definition) is 2. The van der Waals surface area contributed by atoms with Gasteiger partial charge in [-0.15, -0.1) is 0 Å². The number of rotatable bonds is 3. The summed E-state index contributed by atoms with van der Waals surface area (Å²) in [4.78, 5) is 11.2. The van der Waals surface area contributed by atoms with E-state index >= 15 is 0 Å². The number of ether oxygens (including phenoxy) is 1. The van der Waals surface area contributed by atoms with Crippen LogP contribution in [-0.4, -0.2) is 26.6 Å². The molecule has 13 heavy (non-hydrogen) atoms. The quantitative estimate of drug-likeness (QED) is 0.433.